The SMILES string of the molecule is Nc1nc2c(ncn2[C@H]2O[C@@H](CO)[C@H](O)C2(F)F)c(=O)[nH]1. The number of aromatic amines is 1. The molecule has 0 bridgehead atoms. The minimum Gasteiger partial charge on any atom is -0.394 e. The van der Waals surface area contributed by atoms with E-state index in [-0.39, 0.29) is 17.1 Å². The third-order valence-electron chi connectivity index (χ3n) is 3.26. The Labute approximate surface area is 115 Å². The number of rotatable bonds is 2. The molecule has 0 saturated carbocycles. The van der Waals surface area contributed by atoms with Crippen LogP contribution in [0.3, 0.4) is 0 Å². The van der Waals surface area contributed by atoms with E-state index in [0.29, 0.717) is 0 Å². The highest BCUT2D eigenvalue weighted by Gasteiger charge is 2.59. The summed E-state index contributed by atoms with van der Waals surface area (Å²) in [6.07, 6.45) is -4.66. The molecule has 1 aliphatic heterocycles. The molecule has 114 valence electrons. The minimum absolute atomic E-state index is 0.189. The van der Waals surface area contributed by atoms with Crippen molar-refractivity contribution in [1.82, 2.24) is 19.5 Å². The average molecular weight is 303 g/mol. The molecule has 0 aromatic carbocycles. The Kier molecular flexibility index (Phi) is 2.93. The smallest absolute Gasteiger partial charge is 0.320 e. The summed E-state index contributed by atoms with van der Waals surface area (Å²) in [5.74, 6) is -3.96. The lowest BCUT2D eigenvalue weighted by molar-refractivity contribution is -0.138. The van der Waals surface area contributed by atoms with Gasteiger partial charge >= 0.3 is 5.92 Å². The first-order valence-electron chi connectivity index (χ1n) is 5.90. The first-order valence-corrected chi connectivity index (χ1v) is 5.90. The van der Waals surface area contributed by atoms with Gasteiger partial charge in [0.25, 0.3) is 5.56 Å². The van der Waals surface area contributed by atoms with E-state index in [1.165, 1.54) is 0 Å². The quantitative estimate of drug-likeness (QED) is 0.534. The number of halogens is 2. The molecule has 0 unspecified atom stereocenters. The van der Waals surface area contributed by atoms with Crippen LogP contribution in [0.1, 0.15) is 6.23 Å². The van der Waals surface area contributed by atoms with E-state index in [1.807, 2.05) is 0 Å². The number of H-pyrrole nitrogens is 1. The summed E-state index contributed by atoms with van der Waals surface area (Å²) >= 11 is 0. The number of hydrogen-bond donors (Lipinski definition) is 4. The number of aliphatic hydroxyl groups is 2. The van der Waals surface area contributed by atoms with E-state index in [9.17, 15) is 18.7 Å². The zero-order chi connectivity index (χ0) is 15.4. The molecule has 3 heterocycles. The maximum atomic E-state index is 14.1. The van der Waals surface area contributed by atoms with Gasteiger partial charge in [-0.2, -0.15) is 13.8 Å². The molecule has 1 saturated heterocycles. The van der Waals surface area contributed by atoms with Crippen LogP contribution in [0.15, 0.2) is 11.1 Å². The van der Waals surface area contributed by atoms with E-state index in [2.05, 4.69) is 15.0 Å². The van der Waals surface area contributed by atoms with Gasteiger partial charge in [0.15, 0.2) is 17.3 Å². The van der Waals surface area contributed by atoms with Crippen LogP contribution < -0.4 is 11.3 Å². The molecule has 1 fully saturated rings. The summed E-state index contributed by atoms with van der Waals surface area (Å²) in [5.41, 5.74) is 4.30. The van der Waals surface area contributed by atoms with Crippen LogP contribution in [-0.2, 0) is 4.74 Å². The van der Waals surface area contributed by atoms with Crippen molar-refractivity contribution in [3.63, 3.8) is 0 Å². The number of nitrogen functional groups attached to an aromatic ring is 1. The summed E-state index contributed by atoms with van der Waals surface area (Å²) in [6.45, 7) is -0.782. The molecule has 3 atom stereocenters. The number of imidazole rings is 1. The van der Waals surface area contributed by atoms with Gasteiger partial charge in [-0.15, -0.1) is 0 Å². The van der Waals surface area contributed by atoms with Crippen LogP contribution in [0.5, 0.6) is 0 Å². The highest BCUT2D eigenvalue weighted by atomic mass is 19.3. The van der Waals surface area contributed by atoms with Crippen LogP contribution in [0, 0.1) is 0 Å². The van der Waals surface area contributed by atoms with Crippen molar-refractivity contribution < 1.29 is 23.7 Å². The summed E-state index contributed by atoms with van der Waals surface area (Å²) in [5, 5.41) is 18.4. The molecule has 9 nitrogen and oxygen atoms in total. The minimum atomic E-state index is -3.69. The molecule has 21 heavy (non-hydrogen) atoms. The number of ether oxygens (including phenoxy) is 1. The van der Waals surface area contributed by atoms with E-state index in [4.69, 9.17) is 15.6 Å². The fourth-order valence-electron chi connectivity index (χ4n) is 2.23. The van der Waals surface area contributed by atoms with Crippen molar-refractivity contribution in [2.24, 2.45) is 0 Å². The van der Waals surface area contributed by atoms with Gasteiger partial charge in [-0.05, 0) is 0 Å². The van der Waals surface area contributed by atoms with Gasteiger partial charge in [0.05, 0.1) is 12.9 Å². The fourth-order valence-corrected chi connectivity index (χ4v) is 2.23. The Hall–Kier alpha value is -2.11. The second-order valence-corrected chi connectivity index (χ2v) is 4.60. The number of nitrogens with one attached hydrogen (secondary N) is 1. The zero-order valence-corrected chi connectivity index (χ0v) is 10.4. The van der Waals surface area contributed by atoms with Gasteiger partial charge in [-0.3, -0.25) is 14.3 Å². The predicted octanol–water partition coefficient (Wildman–Crippen LogP) is -1.41. The Morgan fingerprint density at radius 1 is 1.57 bits per heavy atom. The van der Waals surface area contributed by atoms with Crippen LogP contribution in [-0.4, -0.2) is 54.5 Å². The van der Waals surface area contributed by atoms with Crippen molar-refractivity contribution in [3.8, 4) is 0 Å². The second kappa shape index (κ2) is 4.44. The highest BCUT2D eigenvalue weighted by molar-refractivity contribution is 5.70. The molecule has 2 aromatic heterocycles. The summed E-state index contributed by atoms with van der Waals surface area (Å²) in [6, 6.07) is 0. The largest absolute Gasteiger partial charge is 0.394 e. The molecular formula is C10H11F2N5O4. The van der Waals surface area contributed by atoms with Crippen LogP contribution in [0.4, 0.5) is 14.7 Å². The number of nitrogens with zero attached hydrogens (tertiary/aromatic N) is 3. The Morgan fingerprint density at radius 2 is 2.29 bits per heavy atom. The van der Waals surface area contributed by atoms with Crippen LogP contribution in [0.2, 0.25) is 0 Å². The first kappa shape index (κ1) is 13.9. The lowest BCUT2D eigenvalue weighted by Crippen LogP contribution is -2.39. The molecule has 0 radical (unpaired) electrons. The average Bonchev–Trinajstić information content (AvgIpc) is 2.91. The summed E-state index contributed by atoms with van der Waals surface area (Å²) < 4.78 is 33.9. The number of hydrogen-bond acceptors (Lipinski definition) is 7. The normalized spacial score (nSPS) is 28.3. The number of aromatic nitrogens is 4. The predicted molar refractivity (Wildman–Crippen MR) is 64.5 cm³/mol. The van der Waals surface area contributed by atoms with E-state index >= 15 is 0 Å². The van der Waals surface area contributed by atoms with Crippen molar-refractivity contribution >= 4 is 17.1 Å². The first-order chi connectivity index (χ1) is 9.86. The molecule has 0 amide bonds. The molecule has 2 aromatic rings. The van der Waals surface area contributed by atoms with E-state index < -0.39 is 36.5 Å². The Morgan fingerprint density at radius 3 is 2.90 bits per heavy atom. The van der Waals surface area contributed by atoms with Crippen LogP contribution in [0.25, 0.3) is 11.2 Å². The Balaban J connectivity index is 2.15. The van der Waals surface area contributed by atoms with Crippen LogP contribution >= 0.6 is 0 Å². The third kappa shape index (κ3) is 1.89. The summed E-state index contributed by atoms with van der Waals surface area (Å²) in [4.78, 5) is 21.2. The number of alkyl halides is 2. The molecular weight excluding hydrogens is 292 g/mol. The second-order valence-electron chi connectivity index (χ2n) is 4.60. The molecule has 0 aliphatic carbocycles. The number of aliphatic hydroxyl groups excluding tert-OH is 2. The van der Waals surface area contributed by atoms with E-state index in [0.717, 1.165) is 10.9 Å². The van der Waals surface area contributed by atoms with Gasteiger partial charge in [0.1, 0.15) is 6.10 Å². The summed E-state index contributed by atoms with van der Waals surface area (Å²) in [7, 11) is 0. The van der Waals surface area contributed by atoms with Gasteiger partial charge in [0, 0.05) is 0 Å². The molecule has 0 spiro atoms. The van der Waals surface area contributed by atoms with Gasteiger partial charge < -0.3 is 20.7 Å². The van der Waals surface area contributed by atoms with Crippen molar-refractivity contribution in [3.05, 3.63) is 16.7 Å². The Bertz CT molecular complexity index is 745. The highest BCUT2D eigenvalue weighted by Crippen LogP contribution is 2.43. The molecule has 11 heteroatoms. The van der Waals surface area contributed by atoms with E-state index in [1.54, 1.807) is 0 Å². The maximum Gasteiger partial charge on any atom is 0.320 e. The number of fused-ring (bicyclic) bond motifs is 1. The van der Waals surface area contributed by atoms with Gasteiger partial charge in [-0.25, -0.2) is 4.98 Å². The number of anilines is 1. The molecule has 3 rings (SSSR count). The molecule has 1 aliphatic rings. The van der Waals surface area contributed by atoms with Gasteiger partial charge in [-0.1, -0.05) is 0 Å². The van der Waals surface area contributed by atoms with Crippen molar-refractivity contribution in [2.75, 3.05) is 12.3 Å². The van der Waals surface area contributed by atoms with Crippen molar-refractivity contribution in [2.45, 2.75) is 24.4 Å². The lowest BCUT2D eigenvalue weighted by Gasteiger charge is -2.20. The third-order valence-corrected chi connectivity index (χ3v) is 3.26. The standard InChI is InChI=1S/C10H11F2N5O4/c11-10(12)5(19)3(1-18)21-8(10)17-2-14-4-6(17)15-9(13)16-7(4)20/h2-3,5,8,18-19H,1H2,(H3,13,15,16,20)/t3-,5-,8-/m0/s1. The molecule has 5 N–H and O–H groups in total. The lowest BCUT2D eigenvalue weighted by atomic mass is 10.1. The van der Waals surface area contributed by atoms with Crippen molar-refractivity contribution in [1.29, 1.82) is 0 Å². The topological polar surface area (TPSA) is 139 Å². The number of nitrogens with two attached hydrogens (primary N) is 1. The fraction of sp³-hybridized carbons (Fsp3) is 0.500. The monoisotopic (exact) mass is 303 g/mol. The maximum absolute atomic E-state index is 14.1. The van der Waals surface area contributed by atoms with Gasteiger partial charge in [0.2, 0.25) is 12.2 Å². The zero-order valence-electron chi connectivity index (χ0n) is 10.4.